The molecule has 9 nitrogen and oxygen atoms in total. The van der Waals surface area contributed by atoms with Crippen molar-refractivity contribution in [3.05, 3.63) is 70.5 Å². The number of anilines is 4. The Labute approximate surface area is 253 Å². The minimum atomic E-state index is -4.60. The number of fused-ring (bicyclic) bond motifs is 2. The molecule has 0 radical (unpaired) electrons. The van der Waals surface area contributed by atoms with Crippen molar-refractivity contribution in [2.75, 3.05) is 53.7 Å². The summed E-state index contributed by atoms with van der Waals surface area (Å²) in [5.41, 5.74) is 2.27. The van der Waals surface area contributed by atoms with Gasteiger partial charge in [-0.05, 0) is 75.5 Å². The van der Waals surface area contributed by atoms with Gasteiger partial charge in [-0.25, -0.2) is 9.97 Å². The molecule has 3 aromatic rings. The van der Waals surface area contributed by atoms with Crippen molar-refractivity contribution in [1.82, 2.24) is 14.9 Å². The molecule has 7 rings (SSSR count). The number of carbonyl (C=O) groups excluding carboxylic acids is 2. The Kier molecular flexibility index (Phi) is 6.80. The van der Waals surface area contributed by atoms with E-state index < -0.39 is 23.1 Å². The van der Waals surface area contributed by atoms with Crippen molar-refractivity contribution in [3.8, 4) is 0 Å². The third-order valence-corrected chi connectivity index (χ3v) is 9.09. The molecule has 2 saturated carbocycles. The highest BCUT2D eigenvalue weighted by Gasteiger charge is 2.58. The Morgan fingerprint density at radius 3 is 2.48 bits per heavy atom. The van der Waals surface area contributed by atoms with E-state index in [4.69, 9.17) is 4.98 Å². The van der Waals surface area contributed by atoms with Gasteiger partial charge >= 0.3 is 6.18 Å². The number of hydrogen-bond acceptors (Lipinski definition) is 7. The Morgan fingerprint density at radius 2 is 1.80 bits per heavy atom. The minimum Gasteiger partial charge on any atom is -0.369 e. The molecule has 44 heavy (non-hydrogen) atoms. The number of aromatic nitrogens is 2. The van der Waals surface area contributed by atoms with Crippen LogP contribution >= 0.6 is 0 Å². The van der Waals surface area contributed by atoms with Gasteiger partial charge in [0.15, 0.2) is 0 Å². The molecule has 0 unspecified atom stereocenters. The highest BCUT2D eigenvalue weighted by atomic mass is 19.4. The predicted octanol–water partition coefficient (Wildman–Crippen LogP) is 4.96. The molecule has 2 aliphatic heterocycles. The Balaban J connectivity index is 1.15. The van der Waals surface area contributed by atoms with Crippen LogP contribution in [0.3, 0.4) is 0 Å². The second kappa shape index (κ2) is 10.5. The molecule has 12 heteroatoms. The van der Waals surface area contributed by atoms with Crippen LogP contribution in [-0.2, 0) is 22.9 Å². The fourth-order valence-electron chi connectivity index (χ4n) is 6.12. The molecule has 1 saturated heterocycles. The lowest BCUT2D eigenvalue weighted by Gasteiger charge is -2.35. The third-order valence-electron chi connectivity index (χ3n) is 9.09. The van der Waals surface area contributed by atoms with Gasteiger partial charge in [-0.3, -0.25) is 9.59 Å². The second-order valence-corrected chi connectivity index (χ2v) is 12.5. The van der Waals surface area contributed by atoms with E-state index in [-0.39, 0.29) is 11.5 Å². The average Bonchev–Trinajstić information content (AvgIpc) is 3.93. The lowest BCUT2D eigenvalue weighted by Crippen LogP contribution is -2.45. The number of alkyl halides is 3. The molecular weight excluding hydrogens is 571 g/mol. The van der Waals surface area contributed by atoms with Crippen LogP contribution in [0.25, 0.3) is 0 Å². The topological polar surface area (TPSA) is 93.7 Å². The zero-order chi connectivity index (χ0) is 30.8. The number of piperazine rings is 1. The maximum Gasteiger partial charge on any atom is 0.416 e. The van der Waals surface area contributed by atoms with Crippen molar-refractivity contribution in [3.63, 3.8) is 0 Å². The smallest absolute Gasteiger partial charge is 0.369 e. The second-order valence-electron chi connectivity index (χ2n) is 12.5. The van der Waals surface area contributed by atoms with Crippen LogP contribution in [-0.4, -0.2) is 66.0 Å². The molecular formula is C32H34F3N7O2. The number of rotatable bonds is 6. The zero-order valence-electron chi connectivity index (χ0n) is 24.7. The number of halogens is 3. The van der Waals surface area contributed by atoms with Gasteiger partial charge in [0.2, 0.25) is 11.9 Å². The lowest BCUT2D eigenvalue weighted by atomic mass is 9.91. The van der Waals surface area contributed by atoms with Crippen LogP contribution in [0.2, 0.25) is 0 Å². The maximum absolute atomic E-state index is 13.9. The summed E-state index contributed by atoms with van der Waals surface area (Å²) < 4.78 is 41.6. The summed E-state index contributed by atoms with van der Waals surface area (Å²) in [7, 11) is 1.97. The molecule has 1 aromatic heterocycles. The fraction of sp³-hybridized carbons (Fsp3) is 0.438. The largest absolute Gasteiger partial charge is 0.416 e. The molecule has 0 atom stereocenters. The van der Waals surface area contributed by atoms with Crippen molar-refractivity contribution < 1.29 is 22.8 Å². The summed E-state index contributed by atoms with van der Waals surface area (Å²) in [5, 5.41) is 6.10. The molecule has 3 fully saturated rings. The summed E-state index contributed by atoms with van der Waals surface area (Å²) in [5.74, 6) is -0.133. The summed E-state index contributed by atoms with van der Waals surface area (Å²) in [6.07, 6.45) is 0.785. The first-order valence-electron chi connectivity index (χ1n) is 15.0. The van der Waals surface area contributed by atoms with Gasteiger partial charge in [0.1, 0.15) is 0 Å². The van der Waals surface area contributed by atoms with E-state index in [0.717, 1.165) is 54.9 Å². The molecule has 2 amide bonds. The Hall–Kier alpha value is -4.19. The van der Waals surface area contributed by atoms with E-state index in [1.165, 1.54) is 6.07 Å². The number of hydrogen-bond donors (Lipinski definition) is 2. The van der Waals surface area contributed by atoms with Crippen LogP contribution in [0.15, 0.2) is 42.6 Å². The molecule has 2 aliphatic carbocycles. The first kappa shape index (κ1) is 28.6. The van der Waals surface area contributed by atoms with E-state index in [2.05, 4.69) is 20.5 Å². The van der Waals surface area contributed by atoms with Gasteiger partial charge in [0.25, 0.3) is 5.91 Å². The standard InChI is InChI=1S/C32H34F3N7O2/c1-19-3-4-24(37-28(43)20-13-22(32(33,34)35)15-25(14-20)41-11-9-40(2)10-12-41)16-26(19)42-18-21-17-36-30(38-23-5-6-23)39-27(21)31(7-8-31)29(42)44/h3-4,13-17,23H,5-12,18H2,1-2H3,(H,37,43)(H,36,38,39). The van der Waals surface area contributed by atoms with Crippen LogP contribution in [0.1, 0.15) is 58.4 Å². The fourth-order valence-corrected chi connectivity index (χ4v) is 6.12. The summed E-state index contributed by atoms with van der Waals surface area (Å²) in [4.78, 5) is 42.3. The first-order valence-corrected chi connectivity index (χ1v) is 15.0. The van der Waals surface area contributed by atoms with Crippen LogP contribution in [0.5, 0.6) is 0 Å². The summed E-state index contributed by atoms with van der Waals surface area (Å²) in [6.45, 7) is 4.75. The van der Waals surface area contributed by atoms with E-state index in [9.17, 15) is 22.8 Å². The highest BCUT2D eigenvalue weighted by molar-refractivity contribution is 6.07. The molecule has 2 N–H and O–H groups in total. The van der Waals surface area contributed by atoms with Crippen molar-refractivity contribution >= 4 is 34.8 Å². The van der Waals surface area contributed by atoms with Crippen molar-refractivity contribution in [2.24, 2.45) is 0 Å². The number of aryl methyl sites for hydroxylation is 1. The van der Waals surface area contributed by atoms with E-state index in [1.54, 1.807) is 29.3 Å². The minimum absolute atomic E-state index is 0.0395. The normalized spacial score (nSPS) is 19.6. The first-order chi connectivity index (χ1) is 21.0. The maximum atomic E-state index is 13.9. The van der Waals surface area contributed by atoms with E-state index in [0.29, 0.717) is 61.5 Å². The Morgan fingerprint density at radius 1 is 1.05 bits per heavy atom. The number of carbonyl (C=O) groups is 2. The number of nitrogens with one attached hydrogen (secondary N) is 2. The quantitative estimate of drug-likeness (QED) is 0.410. The molecule has 0 bridgehead atoms. The van der Waals surface area contributed by atoms with Gasteiger partial charge in [-0.1, -0.05) is 6.07 Å². The van der Waals surface area contributed by atoms with Crippen molar-refractivity contribution in [1.29, 1.82) is 0 Å². The van der Waals surface area contributed by atoms with E-state index in [1.807, 2.05) is 18.9 Å². The van der Waals surface area contributed by atoms with Gasteiger partial charge in [-0.15, -0.1) is 0 Å². The molecule has 3 heterocycles. The third kappa shape index (κ3) is 5.36. The van der Waals surface area contributed by atoms with Crippen molar-refractivity contribution in [2.45, 2.75) is 56.8 Å². The number of nitrogens with zero attached hydrogens (tertiary/aromatic N) is 5. The number of likely N-dealkylation sites (N-methyl/N-ethyl adjacent to an activating group) is 1. The van der Waals surface area contributed by atoms with Crippen LogP contribution in [0, 0.1) is 6.92 Å². The van der Waals surface area contributed by atoms with Gasteiger partial charge in [0, 0.05) is 66.6 Å². The average molecular weight is 606 g/mol. The van der Waals surface area contributed by atoms with Crippen LogP contribution in [0.4, 0.5) is 36.2 Å². The highest BCUT2D eigenvalue weighted by Crippen LogP contribution is 2.53. The van der Waals surface area contributed by atoms with Gasteiger partial charge in [-0.2, -0.15) is 13.2 Å². The lowest BCUT2D eigenvalue weighted by molar-refractivity contribution is -0.137. The van der Waals surface area contributed by atoms with Crippen LogP contribution < -0.4 is 20.4 Å². The SMILES string of the molecule is Cc1ccc(NC(=O)c2cc(N3CCN(C)CC3)cc(C(F)(F)F)c2)cc1N1Cc2cnc(NC3CC3)nc2C2(CC2)C1=O. The zero-order valence-corrected chi connectivity index (χ0v) is 24.7. The number of benzene rings is 2. The summed E-state index contributed by atoms with van der Waals surface area (Å²) >= 11 is 0. The van der Waals surface area contributed by atoms with E-state index >= 15 is 0 Å². The predicted molar refractivity (Wildman–Crippen MR) is 161 cm³/mol. The van der Waals surface area contributed by atoms with Gasteiger partial charge in [0.05, 0.1) is 23.2 Å². The van der Waals surface area contributed by atoms with Gasteiger partial charge < -0.3 is 25.3 Å². The molecule has 1 spiro atoms. The number of amides is 2. The summed E-state index contributed by atoms with van der Waals surface area (Å²) in [6, 6.07) is 9.11. The molecule has 230 valence electrons. The molecule has 4 aliphatic rings. The Bertz CT molecular complexity index is 1640. The monoisotopic (exact) mass is 605 g/mol. The molecule has 2 aromatic carbocycles.